The maximum absolute atomic E-state index is 10.5. The van der Waals surface area contributed by atoms with Gasteiger partial charge in [-0.05, 0) is 36.2 Å². The molecule has 2 rings (SSSR count). The molecule has 0 aliphatic carbocycles. The molecular weight excluding hydrogens is 375 g/mol. The van der Waals surface area contributed by atoms with Gasteiger partial charge in [0.1, 0.15) is 19.0 Å². The van der Waals surface area contributed by atoms with Crippen molar-refractivity contribution in [3.8, 4) is 11.5 Å². The van der Waals surface area contributed by atoms with E-state index in [0.717, 1.165) is 5.56 Å². The highest BCUT2D eigenvalue weighted by molar-refractivity contribution is 6.40. The van der Waals surface area contributed by atoms with E-state index in [9.17, 15) is 4.79 Å². The monoisotopic (exact) mass is 388 g/mol. The summed E-state index contributed by atoms with van der Waals surface area (Å²) in [5, 5.41) is 9.78. The van der Waals surface area contributed by atoms with Crippen LogP contribution >= 0.6 is 34.8 Å². The van der Waals surface area contributed by atoms with Gasteiger partial charge in [0.05, 0.1) is 10.0 Å². The number of carboxylic acid groups (broad SMARTS) is 1. The minimum atomic E-state index is -0.813. The molecule has 0 aliphatic heterocycles. The maximum Gasteiger partial charge on any atom is 0.303 e. The Morgan fingerprint density at radius 2 is 1.54 bits per heavy atom. The summed E-state index contributed by atoms with van der Waals surface area (Å²) >= 11 is 17.9. The Morgan fingerprint density at radius 3 is 2.12 bits per heavy atom. The molecule has 0 bridgehead atoms. The Morgan fingerprint density at radius 1 is 0.958 bits per heavy atom. The zero-order valence-electron chi connectivity index (χ0n) is 12.6. The van der Waals surface area contributed by atoms with E-state index in [4.69, 9.17) is 49.4 Å². The van der Waals surface area contributed by atoms with Gasteiger partial charge in [-0.2, -0.15) is 0 Å². The van der Waals surface area contributed by atoms with E-state index in [1.54, 1.807) is 24.3 Å². The van der Waals surface area contributed by atoms with Crippen LogP contribution in [0.2, 0.25) is 15.1 Å². The van der Waals surface area contributed by atoms with E-state index in [1.807, 2.05) is 12.1 Å². The normalized spacial score (nSPS) is 10.5. The lowest BCUT2D eigenvalue weighted by molar-refractivity contribution is -0.136. The van der Waals surface area contributed by atoms with Crippen LogP contribution in [0.1, 0.15) is 12.0 Å². The van der Waals surface area contributed by atoms with Crippen LogP contribution in [-0.2, 0) is 11.2 Å². The largest absolute Gasteiger partial charge is 0.490 e. The van der Waals surface area contributed by atoms with Crippen molar-refractivity contribution in [2.75, 3.05) is 13.2 Å². The second-order valence-electron chi connectivity index (χ2n) is 4.93. The van der Waals surface area contributed by atoms with Gasteiger partial charge in [0, 0.05) is 11.4 Å². The Hall–Kier alpha value is -1.62. The molecule has 0 saturated carbocycles. The molecule has 0 aromatic heterocycles. The van der Waals surface area contributed by atoms with E-state index in [1.165, 1.54) is 0 Å². The van der Waals surface area contributed by atoms with Gasteiger partial charge in [0.15, 0.2) is 5.75 Å². The van der Waals surface area contributed by atoms with E-state index >= 15 is 0 Å². The van der Waals surface area contributed by atoms with Crippen molar-refractivity contribution >= 4 is 40.8 Å². The third-order valence-electron chi connectivity index (χ3n) is 3.11. The van der Waals surface area contributed by atoms with E-state index in [2.05, 4.69) is 0 Å². The molecule has 0 amide bonds. The molecule has 0 radical (unpaired) electrons. The zero-order chi connectivity index (χ0) is 17.5. The van der Waals surface area contributed by atoms with Crippen molar-refractivity contribution in [2.45, 2.75) is 12.8 Å². The second kappa shape index (κ2) is 9.02. The minimum Gasteiger partial charge on any atom is -0.490 e. The van der Waals surface area contributed by atoms with Gasteiger partial charge in [0.2, 0.25) is 0 Å². The number of carbonyl (C=O) groups is 1. The number of hydrogen-bond acceptors (Lipinski definition) is 3. The van der Waals surface area contributed by atoms with Gasteiger partial charge in [-0.1, -0.05) is 46.9 Å². The average Bonchev–Trinajstić information content (AvgIpc) is 2.52. The van der Waals surface area contributed by atoms with E-state index in [-0.39, 0.29) is 13.0 Å². The number of benzene rings is 2. The van der Waals surface area contributed by atoms with Crippen molar-refractivity contribution in [1.29, 1.82) is 0 Å². The van der Waals surface area contributed by atoms with Gasteiger partial charge in [-0.3, -0.25) is 4.79 Å². The first-order chi connectivity index (χ1) is 11.5. The fourth-order valence-corrected chi connectivity index (χ4v) is 2.90. The maximum atomic E-state index is 10.5. The fourth-order valence-electron chi connectivity index (χ4n) is 1.97. The number of aliphatic carboxylic acids is 1. The summed E-state index contributed by atoms with van der Waals surface area (Å²) < 4.78 is 11.1. The number of ether oxygens (including phenoxy) is 2. The van der Waals surface area contributed by atoms with Crippen LogP contribution in [-0.4, -0.2) is 24.3 Å². The Bertz CT molecular complexity index is 678. The number of aryl methyl sites for hydroxylation is 1. The molecule has 24 heavy (non-hydrogen) atoms. The molecule has 2 aromatic carbocycles. The van der Waals surface area contributed by atoms with Gasteiger partial charge < -0.3 is 14.6 Å². The third-order valence-corrected chi connectivity index (χ3v) is 3.89. The summed E-state index contributed by atoms with van der Waals surface area (Å²) in [6.45, 7) is 0.575. The number of hydrogen-bond donors (Lipinski definition) is 1. The predicted octanol–water partition coefficient (Wildman–Crippen LogP) is 5.12. The lowest BCUT2D eigenvalue weighted by Gasteiger charge is -2.11. The van der Waals surface area contributed by atoms with Crippen LogP contribution in [0, 0.1) is 0 Å². The molecule has 0 atom stereocenters. The molecule has 0 fully saturated rings. The Labute approximate surface area is 154 Å². The topological polar surface area (TPSA) is 55.8 Å². The lowest BCUT2D eigenvalue weighted by atomic mass is 10.1. The quantitative estimate of drug-likeness (QED) is 0.637. The summed E-state index contributed by atoms with van der Waals surface area (Å²) in [4.78, 5) is 10.5. The molecule has 2 aromatic rings. The van der Waals surface area contributed by atoms with Crippen LogP contribution in [0.15, 0.2) is 36.4 Å². The summed E-state index contributed by atoms with van der Waals surface area (Å²) in [6, 6.07) is 10.4. The number of carboxylic acids is 1. The lowest BCUT2D eigenvalue weighted by Crippen LogP contribution is -2.09. The first-order valence-corrected chi connectivity index (χ1v) is 8.30. The van der Waals surface area contributed by atoms with Crippen LogP contribution in [0.3, 0.4) is 0 Å². The highest BCUT2D eigenvalue weighted by Crippen LogP contribution is 2.35. The molecule has 1 N–H and O–H groups in total. The molecule has 0 unspecified atom stereocenters. The molecule has 0 aliphatic rings. The van der Waals surface area contributed by atoms with Crippen LogP contribution in [0.4, 0.5) is 0 Å². The average molecular weight is 390 g/mol. The first kappa shape index (κ1) is 18.7. The highest BCUT2D eigenvalue weighted by atomic mass is 35.5. The summed E-state index contributed by atoms with van der Waals surface area (Å²) in [5.74, 6) is 0.230. The van der Waals surface area contributed by atoms with E-state index in [0.29, 0.717) is 39.6 Å². The standard InChI is InChI=1S/C17H15Cl3O4/c18-12-9-14(19)17(15(20)10-12)24-8-7-23-13-4-1-11(2-5-13)3-6-16(21)22/h1-2,4-5,9-10H,3,6-8H2,(H,21,22). The highest BCUT2D eigenvalue weighted by Gasteiger charge is 2.09. The van der Waals surface area contributed by atoms with Crippen molar-refractivity contribution < 1.29 is 19.4 Å². The molecule has 0 spiro atoms. The van der Waals surface area contributed by atoms with E-state index < -0.39 is 5.97 Å². The van der Waals surface area contributed by atoms with Crippen molar-refractivity contribution in [3.63, 3.8) is 0 Å². The molecular formula is C17H15Cl3O4. The molecule has 128 valence electrons. The summed E-state index contributed by atoms with van der Waals surface area (Å²) in [7, 11) is 0. The minimum absolute atomic E-state index is 0.108. The van der Waals surface area contributed by atoms with Gasteiger partial charge in [-0.15, -0.1) is 0 Å². The number of halogens is 3. The smallest absolute Gasteiger partial charge is 0.303 e. The number of rotatable bonds is 8. The van der Waals surface area contributed by atoms with Crippen LogP contribution < -0.4 is 9.47 Å². The summed E-state index contributed by atoms with van der Waals surface area (Å²) in [6.07, 6.45) is 0.600. The summed E-state index contributed by atoms with van der Waals surface area (Å²) in [5.41, 5.74) is 0.945. The third kappa shape index (κ3) is 5.78. The van der Waals surface area contributed by atoms with Gasteiger partial charge >= 0.3 is 5.97 Å². The molecule has 4 nitrogen and oxygen atoms in total. The SMILES string of the molecule is O=C(O)CCc1ccc(OCCOc2c(Cl)cc(Cl)cc2Cl)cc1. The first-order valence-electron chi connectivity index (χ1n) is 7.16. The zero-order valence-corrected chi connectivity index (χ0v) is 14.9. The van der Waals surface area contributed by atoms with Crippen LogP contribution in [0.5, 0.6) is 11.5 Å². The van der Waals surface area contributed by atoms with Crippen molar-refractivity contribution in [1.82, 2.24) is 0 Å². The van der Waals surface area contributed by atoms with Gasteiger partial charge in [0.25, 0.3) is 0 Å². The Kier molecular flexibility index (Phi) is 7.03. The fraction of sp³-hybridized carbons (Fsp3) is 0.235. The van der Waals surface area contributed by atoms with Crippen LogP contribution in [0.25, 0.3) is 0 Å². The molecule has 7 heteroatoms. The van der Waals surface area contributed by atoms with Crippen molar-refractivity contribution in [2.24, 2.45) is 0 Å². The van der Waals surface area contributed by atoms with Gasteiger partial charge in [-0.25, -0.2) is 0 Å². The Balaban J connectivity index is 1.79. The van der Waals surface area contributed by atoms with Crippen molar-refractivity contribution in [3.05, 3.63) is 57.0 Å². The molecule has 0 heterocycles. The molecule has 0 saturated heterocycles. The second-order valence-corrected chi connectivity index (χ2v) is 6.18. The predicted molar refractivity (Wildman–Crippen MR) is 94.9 cm³/mol.